The molecule has 0 fully saturated rings. The highest BCUT2D eigenvalue weighted by molar-refractivity contribution is 5.67. The Balaban J connectivity index is 1.41. The number of pyridine rings is 1. The highest BCUT2D eigenvalue weighted by Crippen LogP contribution is 2.37. The van der Waals surface area contributed by atoms with Gasteiger partial charge in [0.15, 0.2) is 17.3 Å². The van der Waals surface area contributed by atoms with Gasteiger partial charge in [-0.2, -0.15) is 28.6 Å². The molecule has 5 rings (SSSR count). The van der Waals surface area contributed by atoms with Crippen LogP contribution in [0.2, 0.25) is 0 Å². The number of benzene rings is 1. The molecule has 4 heterocycles. The molecule has 1 N–H and O–H groups in total. The minimum atomic E-state index is -4.63. The number of para-hydroxylation sites is 1. The first kappa shape index (κ1) is 20.2. The van der Waals surface area contributed by atoms with Crippen LogP contribution in [0, 0.1) is 5.82 Å². The Kier molecular flexibility index (Phi) is 4.87. The van der Waals surface area contributed by atoms with Crippen molar-refractivity contribution >= 4 is 0 Å². The molecule has 0 radical (unpaired) electrons. The number of hydrogen-bond donors (Lipinski definition) is 1. The number of H-pyrrole nitrogens is 1. The van der Waals surface area contributed by atoms with Crippen LogP contribution >= 0.6 is 0 Å². The summed E-state index contributed by atoms with van der Waals surface area (Å²) in [5, 5.41) is 8.90. The SMILES string of the molecule is Fc1cccc2c1OCC[C@H]2Cn1cnc(-c2cc(-c3n[nH]nc3C(F)(F)F)ccn2)c1. The molecule has 32 heavy (non-hydrogen) atoms. The summed E-state index contributed by atoms with van der Waals surface area (Å²) in [6.07, 6.45) is 0.871. The second-order valence-electron chi connectivity index (χ2n) is 7.40. The Hall–Kier alpha value is -3.76. The van der Waals surface area contributed by atoms with Gasteiger partial charge in [-0.3, -0.25) is 4.98 Å². The van der Waals surface area contributed by atoms with Crippen molar-refractivity contribution in [2.45, 2.75) is 25.1 Å². The maximum absolute atomic E-state index is 14.0. The molecule has 0 unspecified atom stereocenters. The highest BCUT2D eigenvalue weighted by Gasteiger charge is 2.38. The summed E-state index contributed by atoms with van der Waals surface area (Å²) in [7, 11) is 0. The fraction of sp³-hybridized carbons (Fsp3) is 0.238. The summed E-state index contributed by atoms with van der Waals surface area (Å²) in [6.45, 7) is 0.969. The van der Waals surface area contributed by atoms with E-state index in [4.69, 9.17) is 4.74 Å². The van der Waals surface area contributed by atoms with Gasteiger partial charge < -0.3 is 9.30 Å². The number of nitrogens with one attached hydrogen (secondary N) is 1. The van der Waals surface area contributed by atoms with Gasteiger partial charge in [0.1, 0.15) is 11.4 Å². The number of ether oxygens (including phenoxy) is 1. The van der Waals surface area contributed by atoms with Crippen LogP contribution in [0.25, 0.3) is 22.6 Å². The number of rotatable bonds is 4. The van der Waals surface area contributed by atoms with Gasteiger partial charge in [0.2, 0.25) is 0 Å². The molecule has 1 aliphatic rings. The van der Waals surface area contributed by atoms with Crippen molar-refractivity contribution in [2.75, 3.05) is 6.61 Å². The first-order valence-corrected chi connectivity index (χ1v) is 9.78. The van der Waals surface area contributed by atoms with Gasteiger partial charge in [0, 0.05) is 36.0 Å². The molecule has 1 aliphatic heterocycles. The number of aromatic amines is 1. The van der Waals surface area contributed by atoms with E-state index in [1.807, 2.05) is 15.8 Å². The van der Waals surface area contributed by atoms with Crippen LogP contribution in [-0.4, -0.2) is 36.6 Å². The number of nitrogens with zero attached hydrogens (tertiary/aromatic N) is 5. The fourth-order valence-electron chi connectivity index (χ4n) is 3.84. The summed E-state index contributed by atoms with van der Waals surface area (Å²) < 4.78 is 60.8. The molecule has 0 amide bonds. The lowest BCUT2D eigenvalue weighted by Gasteiger charge is -2.26. The molecule has 11 heteroatoms. The minimum absolute atomic E-state index is 0.0419. The zero-order chi connectivity index (χ0) is 22.3. The maximum Gasteiger partial charge on any atom is 0.437 e. The summed E-state index contributed by atoms with van der Waals surface area (Å²) in [5.74, 6) is -0.0579. The van der Waals surface area contributed by atoms with Crippen LogP contribution in [-0.2, 0) is 12.7 Å². The number of hydrogen-bond acceptors (Lipinski definition) is 5. The minimum Gasteiger partial charge on any atom is -0.490 e. The summed E-state index contributed by atoms with van der Waals surface area (Å²) >= 11 is 0. The molecule has 0 spiro atoms. The van der Waals surface area contributed by atoms with Gasteiger partial charge in [-0.1, -0.05) is 12.1 Å². The van der Waals surface area contributed by atoms with Crippen LogP contribution in [0.3, 0.4) is 0 Å². The number of alkyl halides is 3. The van der Waals surface area contributed by atoms with Gasteiger partial charge in [0.25, 0.3) is 0 Å². The van der Waals surface area contributed by atoms with E-state index in [0.717, 1.165) is 12.0 Å². The van der Waals surface area contributed by atoms with Crippen LogP contribution < -0.4 is 4.74 Å². The predicted molar refractivity (Wildman–Crippen MR) is 105 cm³/mol. The molecule has 3 aromatic heterocycles. The van der Waals surface area contributed by atoms with E-state index in [0.29, 0.717) is 24.5 Å². The summed E-state index contributed by atoms with van der Waals surface area (Å²) in [6, 6.07) is 7.79. The van der Waals surface area contributed by atoms with Crippen molar-refractivity contribution in [3.8, 4) is 28.4 Å². The fourth-order valence-corrected chi connectivity index (χ4v) is 3.84. The third-order valence-electron chi connectivity index (χ3n) is 5.33. The molecular weight excluding hydrogens is 428 g/mol. The molecule has 1 aromatic carbocycles. The van der Waals surface area contributed by atoms with E-state index in [2.05, 4.69) is 20.2 Å². The van der Waals surface area contributed by atoms with E-state index >= 15 is 0 Å². The van der Waals surface area contributed by atoms with E-state index in [9.17, 15) is 17.6 Å². The lowest BCUT2D eigenvalue weighted by molar-refractivity contribution is -0.140. The largest absolute Gasteiger partial charge is 0.490 e. The Morgan fingerprint density at radius 1 is 1.12 bits per heavy atom. The molecule has 164 valence electrons. The van der Waals surface area contributed by atoms with Crippen LogP contribution in [0.1, 0.15) is 23.6 Å². The molecular formula is C21H16F4N6O. The summed E-state index contributed by atoms with van der Waals surface area (Å²) in [5.41, 5.74) is 0.523. The van der Waals surface area contributed by atoms with Crippen molar-refractivity contribution in [3.05, 3.63) is 66.1 Å². The van der Waals surface area contributed by atoms with Crippen molar-refractivity contribution < 1.29 is 22.3 Å². The normalized spacial score (nSPS) is 15.9. The highest BCUT2D eigenvalue weighted by atomic mass is 19.4. The van der Waals surface area contributed by atoms with E-state index in [1.165, 1.54) is 24.4 Å². The van der Waals surface area contributed by atoms with Gasteiger partial charge in [-0.25, -0.2) is 9.37 Å². The second-order valence-corrected chi connectivity index (χ2v) is 7.40. The Morgan fingerprint density at radius 2 is 2.00 bits per heavy atom. The van der Waals surface area contributed by atoms with Gasteiger partial charge in [0.05, 0.1) is 18.6 Å². The van der Waals surface area contributed by atoms with E-state index in [-0.39, 0.29) is 28.7 Å². The number of aromatic nitrogens is 6. The lowest BCUT2D eigenvalue weighted by Crippen LogP contribution is -2.19. The number of imidazole rings is 1. The van der Waals surface area contributed by atoms with Gasteiger partial charge in [-0.05, 0) is 24.6 Å². The molecule has 0 bridgehead atoms. The first-order valence-electron chi connectivity index (χ1n) is 9.78. The maximum atomic E-state index is 14.0. The molecule has 0 saturated heterocycles. The molecule has 1 atom stereocenters. The second kappa shape index (κ2) is 7.74. The van der Waals surface area contributed by atoms with Crippen molar-refractivity contribution in [1.82, 2.24) is 29.9 Å². The van der Waals surface area contributed by atoms with Crippen LogP contribution in [0.5, 0.6) is 5.75 Å². The first-order chi connectivity index (χ1) is 15.4. The Labute approximate surface area is 179 Å². The number of fused-ring (bicyclic) bond motifs is 1. The summed E-state index contributed by atoms with van der Waals surface area (Å²) in [4.78, 5) is 8.58. The van der Waals surface area contributed by atoms with Gasteiger partial charge >= 0.3 is 6.18 Å². The standard InChI is InChI=1S/C21H16F4N6O/c22-15-3-1-2-14-13(5-7-32-19(14)15)9-31-10-17(27-11-31)16-8-12(4-6-26-16)18-20(21(23,24)25)29-30-28-18/h1-4,6,8,10-11,13H,5,7,9H2,(H,28,29,30)/t13-/m0/s1. The quantitative estimate of drug-likeness (QED) is 0.470. The molecule has 0 aliphatic carbocycles. The van der Waals surface area contributed by atoms with Gasteiger partial charge in [-0.15, -0.1) is 0 Å². The average molecular weight is 444 g/mol. The molecule has 0 saturated carbocycles. The van der Waals surface area contributed by atoms with Crippen LogP contribution in [0.4, 0.5) is 17.6 Å². The topological polar surface area (TPSA) is 81.5 Å². The monoisotopic (exact) mass is 444 g/mol. The van der Waals surface area contributed by atoms with E-state index < -0.39 is 11.9 Å². The average Bonchev–Trinajstić information content (AvgIpc) is 3.44. The zero-order valence-electron chi connectivity index (χ0n) is 16.5. The molecule has 4 aromatic rings. The zero-order valence-corrected chi connectivity index (χ0v) is 16.5. The third kappa shape index (κ3) is 3.70. The van der Waals surface area contributed by atoms with Crippen molar-refractivity contribution in [1.29, 1.82) is 0 Å². The lowest BCUT2D eigenvalue weighted by atomic mass is 9.93. The van der Waals surface area contributed by atoms with Crippen LogP contribution in [0.15, 0.2) is 49.1 Å². The Bertz CT molecular complexity index is 1270. The molecule has 7 nitrogen and oxygen atoms in total. The smallest absolute Gasteiger partial charge is 0.437 e. The third-order valence-corrected chi connectivity index (χ3v) is 5.33. The van der Waals surface area contributed by atoms with E-state index in [1.54, 1.807) is 18.6 Å². The number of halogens is 4. The Morgan fingerprint density at radius 3 is 2.84 bits per heavy atom. The van der Waals surface area contributed by atoms with Crippen molar-refractivity contribution in [2.24, 2.45) is 0 Å². The van der Waals surface area contributed by atoms with Crippen molar-refractivity contribution in [3.63, 3.8) is 0 Å². The predicted octanol–water partition coefficient (Wildman–Crippen LogP) is 4.45.